The van der Waals surface area contributed by atoms with Gasteiger partial charge in [-0.15, -0.1) is 0 Å². The third-order valence-corrected chi connectivity index (χ3v) is 3.68. The minimum absolute atomic E-state index is 0.145. The van der Waals surface area contributed by atoms with Crippen molar-refractivity contribution in [1.29, 1.82) is 0 Å². The molecule has 0 aromatic heterocycles. The largest absolute Gasteiger partial charge is 0.478 e. The third-order valence-electron chi connectivity index (χ3n) is 3.68. The van der Waals surface area contributed by atoms with E-state index >= 15 is 0 Å². The van der Waals surface area contributed by atoms with Crippen LogP contribution in [0.3, 0.4) is 0 Å². The first-order valence-electron chi connectivity index (χ1n) is 6.98. The standard InChI is InChI=1S/C15H20N2O3/c1-10-6-5-9-12(13(10)14(18)19)17-15(20)16-11-7-3-2-4-8-11/h5-6,9,11H,2-4,7-8H2,1H3,(H,18,19)(H2,16,17,20). The smallest absolute Gasteiger partial charge is 0.338 e. The number of carbonyl (C=O) groups is 2. The second-order valence-corrected chi connectivity index (χ2v) is 5.24. The number of hydrogen-bond donors (Lipinski definition) is 3. The molecule has 0 atom stereocenters. The minimum atomic E-state index is -1.03. The molecule has 5 nitrogen and oxygen atoms in total. The van der Waals surface area contributed by atoms with Gasteiger partial charge in [-0.1, -0.05) is 31.4 Å². The van der Waals surface area contributed by atoms with Crippen LogP contribution >= 0.6 is 0 Å². The molecular formula is C15H20N2O3. The summed E-state index contributed by atoms with van der Waals surface area (Å²) >= 11 is 0. The number of aryl methyl sites for hydroxylation is 1. The van der Waals surface area contributed by atoms with Crippen molar-refractivity contribution >= 4 is 17.7 Å². The van der Waals surface area contributed by atoms with Gasteiger partial charge in [0.15, 0.2) is 0 Å². The molecule has 1 aliphatic carbocycles. The van der Waals surface area contributed by atoms with Crippen LogP contribution in [0.4, 0.5) is 10.5 Å². The molecule has 1 aromatic carbocycles. The number of aromatic carboxylic acids is 1. The molecule has 20 heavy (non-hydrogen) atoms. The van der Waals surface area contributed by atoms with Crippen molar-refractivity contribution in [2.75, 3.05) is 5.32 Å². The monoisotopic (exact) mass is 276 g/mol. The molecule has 1 saturated carbocycles. The van der Waals surface area contributed by atoms with Crippen molar-refractivity contribution in [3.63, 3.8) is 0 Å². The number of carboxylic acids is 1. The van der Waals surface area contributed by atoms with Crippen molar-refractivity contribution in [3.8, 4) is 0 Å². The number of rotatable bonds is 3. The molecule has 2 rings (SSSR count). The Morgan fingerprint density at radius 1 is 1.20 bits per heavy atom. The van der Waals surface area contributed by atoms with E-state index in [9.17, 15) is 14.7 Å². The summed E-state index contributed by atoms with van der Waals surface area (Å²) in [4.78, 5) is 23.2. The van der Waals surface area contributed by atoms with E-state index in [1.165, 1.54) is 6.42 Å². The number of benzene rings is 1. The Balaban J connectivity index is 2.04. The van der Waals surface area contributed by atoms with Crippen LogP contribution in [-0.4, -0.2) is 23.1 Å². The van der Waals surface area contributed by atoms with E-state index in [0.717, 1.165) is 25.7 Å². The third kappa shape index (κ3) is 3.50. The van der Waals surface area contributed by atoms with Gasteiger partial charge in [0.25, 0.3) is 0 Å². The highest BCUT2D eigenvalue weighted by Crippen LogP contribution is 2.20. The van der Waals surface area contributed by atoms with E-state index in [2.05, 4.69) is 10.6 Å². The van der Waals surface area contributed by atoms with E-state index in [4.69, 9.17) is 0 Å². The van der Waals surface area contributed by atoms with Gasteiger partial charge >= 0.3 is 12.0 Å². The normalized spacial score (nSPS) is 15.7. The molecule has 1 aromatic rings. The Kier molecular flexibility index (Phi) is 4.61. The van der Waals surface area contributed by atoms with E-state index in [1.54, 1.807) is 25.1 Å². The number of carbonyl (C=O) groups excluding carboxylic acids is 1. The molecule has 0 radical (unpaired) electrons. The summed E-state index contributed by atoms with van der Waals surface area (Å²) in [6, 6.07) is 4.93. The maximum absolute atomic E-state index is 12.0. The zero-order valence-electron chi connectivity index (χ0n) is 11.6. The van der Waals surface area contributed by atoms with Gasteiger partial charge in [-0.3, -0.25) is 0 Å². The summed E-state index contributed by atoms with van der Waals surface area (Å²) in [6.45, 7) is 1.72. The average molecular weight is 276 g/mol. The van der Waals surface area contributed by atoms with E-state index in [-0.39, 0.29) is 17.6 Å². The van der Waals surface area contributed by atoms with Gasteiger partial charge in [0, 0.05) is 6.04 Å². The maximum atomic E-state index is 12.0. The fraction of sp³-hybridized carbons (Fsp3) is 0.467. The van der Waals surface area contributed by atoms with Gasteiger partial charge in [0.1, 0.15) is 0 Å². The second-order valence-electron chi connectivity index (χ2n) is 5.24. The van der Waals surface area contributed by atoms with Gasteiger partial charge in [-0.2, -0.15) is 0 Å². The summed E-state index contributed by atoms with van der Waals surface area (Å²) < 4.78 is 0. The number of carboxylic acid groups (broad SMARTS) is 1. The predicted molar refractivity (Wildman–Crippen MR) is 77.2 cm³/mol. The van der Waals surface area contributed by atoms with Crippen LogP contribution in [0.15, 0.2) is 18.2 Å². The molecular weight excluding hydrogens is 256 g/mol. The van der Waals surface area contributed by atoms with Gasteiger partial charge in [0.05, 0.1) is 11.3 Å². The first-order chi connectivity index (χ1) is 9.58. The molecule has 0 saturated heterocycles. The molecule has 0 heterocycles. The Morgan fingerprint density at radius 2 is 1.90 bits per heavy atom. The summed E-state index contributed by atoms with van der Waals surface area (Å²) in [5.41, 5.74) is 1.12. The highest BCUT2D eigenvalue weighted by atomic mass is 16.4. The fourth-order valence-electron chi connectivity index (χ4n) is 2.65. The molecule has 2 amide bonds. The van der Waals surface area contributed by atoms with Crippen LogP contribution in [0.2, 0.25) is 0 Å². The first kappa shape index (κ1) is 14.4. The number of nitrogens with one attached hydrogen (secondary N) is 2. The molecule has 1 aliphatic rings. The van der Waals surface area contributed by atoms with Crippen LogP contribution in [0.5, 0.6) is 0 Å². The summed E-state index contributed by atoms with van der Waals surface area (Å²) in [5.74, 6) is -1.03. The average Bonchev–Trinajstić information content (AvgIpc) is 2.39. The Morgan fingerprint density at radius 3 is 2.55 bits per heavy atom. The van der Waals surface area contributed by atoms with Crippen molar-refractivity contribution in [2.45, 2.75) is 45.1 Å². The van der Waals surface area contributed by atoms with Crippen molar-refractivity contribution in [1.82, 2.24) is 5.32 Å². The van der Waals surface area contributed by atoms with Gasteiger partial charge < -0.3 is 15.7 Å². The lowest BCUT2D eigenvalue weighted by Crippen LogP contribution is -2.39. The van der Waals surface area contributed by atoms with Crippen molar-refractivity contribution in [3.05, 3.63) is 29.3 Å². The van der Waals surface area contributed by atoms with E-state index in [0.29, 0.717) is 11.3 Å². The predicted octanol–water partition coefficient (Wildman–Crippen LogP) is 3.15. The molecule has 1 fully saturated rings. The first-order valence-corrected chi connectivity index (χ1v) is 6.98. The van der Waals surface area contributed by atoms with Crippen molar-refractivity contribution in [2.24, 2.45) is 0 Å². The molecule has 0 aliphatic heterocycles. The maximum Gasteiger partial charge on any atom is 0.338 e. The summed E-state index contributed by atoms with van der Waals surface area (Å²) in [7, 11) is 0. The fourth-order valence-corrected chi connectivity index (χ4v) is 2.65. The van der Waals surface area contributed by atoms with Gasteiger partial charge in [-0.05, 0) is 31.4 Å². The topological polar surface area (TPSA) is 78.4 Å². The second kappa shape index (κ2) is 6.41. The Bertz CT molecular complexity index is 508. The van der Waals surface area contributed by atoms with E-state index < -0.39 is 5.97 Å². The number of urea groups is 1. The summed E-state index contributed by atoms with van der Waals surface area (Å²) in [5, 5.41) is 14.8. The molecule has 0 spiro atoms. The van der Waals surface area contributed by atoms with E-state index in [1.807, 2.05) is 0 Å². The van der Waals surface area contributed by atoms with Crippen LogP contribution in [-0.2, 0) is 0 Å². The highest BCUT2D eigenvalue weighted by Gasteiger charge is 2.18. The zero-order valence-corrected chi connectivity index (χ0v) is 11.6. The van der Waals surface area contributed by atoms with Crippen LogP contribution < -0.4 is 10.6 Å². The minimum Gasteiger partial charge on any atom is -0.478 e. The van der Waals surface area contributed by atoms with Gasteiger partial charge in [-0.25, -0.2) is 9.59 Å². The lowest BCUT2D eigenvalue weighted by molar-refractivity contribution is 0.0697. The quantitative estimate of drug-likeness (QED) is 0.793. The number of hydrogen-bond acceptors (Lipinski definition) is 2. The molecule has 0 unspecified atom stereocenters. The molecule has 108 valence electrons. The molecule has 0 bridgehead atoms. The lowest BCUT2D eigenvalue weighted by atomic mass is 9.96. The Labute approximate surface area is 118 Å². The van der Waals surface area contributed by atoms with Gasteiger partial charge in [0.2, 0.25) is 0 Å². The Hall–Kier alpha value is -2.04. The number of amides is 2. The van der Waals surface area contributed by atoms with Crippen molar-refractivity contribution < 1.29 is 14.7 Å². The SMILES string of the molecule is Cc1cccc(NC(=O)NC2CCCCC2)c1C(=O)O. The van der Waals surface area contributed by atoms with Crippen LogP contribution in [0.25, 0.3) is 0 Å². The van der Waals surface area contributed by atoms with Crippen LogP contribution in [0, 0.1) is 6.92 Å². The highest BCUT2D eigenvalue weighted by molar-refractivity contribution is 6.01. The number of anilines is 1. The molecule has 3 N–H and O–H groups in total. The zero-order chi connectivity index (χ0) is 14.5. The summed E-state index contributed by atoms with van der Waals surface area (Å²) in [6.07, 6.45) is 5.48. The molecule has 5 heteroatoms. The van der Waals surface area contributed by atoms with Crippen LogP contribution in [0.1, 0.15) is 48.0 Å². The lowest BCUT2D eigenvalue weighted by Gasteiger charge is -2.23.